The van der Waals surface area contributed by atoms with Gasteiger partial charge in [0.05, 0.1) is 0 Å². The first-order valence-corrected chi connectivity index (χ1v) is 7.37. The summed E-state index contributed by atoms with van der Waals surface area (Å²) in [6.07, 6.45) is 2.58. The van der Waals surface area contributed by atoms with E-state index in [-0.39, 0.29) is 5.41 Å². The van der Waals surface area contributed by atoms with Gasteiger partial charge >= 0.3 is 0 Å². The molecule has 1 aliphatic heterocycles. The van der Waals surface area contributed by atoms with Gasteiger partial charge in [0.2, 0.25) is 0 Å². The van der Waals surface area contributed by atoms with Crippen molar-refractivity contribution < 1.29 is 0 Å². The van der Waals surface area contributed by atoms with Crippen LogP contribution in [-0.4, -0.2) is 27.9 Å². The number of rotatable bonds is 4. The van der Waals surface area contributed by atoms with Gasteiger partial charge in [-0.2, -0.15) is 5.10 Å². The molecule has 0 amide bonds. The molecule has 4 nitrogen and oxygen atoms in total. The van der Waals surface area contributed by atoms with Gasteiger partial charge < -0.3 is 5.32 Å². The molecule has 3 rings (SSSR count). The lowest BCUT2D eigenvalue weighted by atomic mass is 9.72. The molecule has 1 aromatic carbocycles. The summed E-state index contributed by atoms with van der Waals surface area (Å²) in [6, 6.07) is 8.48. The van der Waals surface area contributed by atoms with Gasteiger partial charge in [0.1, 0.15) is 12.2 Å². The average Bonchev–Trinajstić information content (AvgIpc) is 2.82. The summed E-state index contributed by atoms with van der Waals surface area (Å²) >= 11 is 3.68. The minimum absolute atomic E-state index is 0.139. The molecule has 1 aliphatic rings. The van der Waals surface area contributed by atoms with Gasteiger partial charge in [-0.25, -0.2) is 4.98 Å². The van der Waals surface area contributed by atoms with Crippen molar-refractivity contribution >= 4 is 15.9 Å². The first kappa shape index (κ1) is 12.8. The molecular weight excluding hydrogens is 304 g/mol. The molecule has 100 valence electrons. The summed E-state index contributed by atoms with van der Waals surface area (Å²) in [5.41, 5.74) is 1.50. The zero-order valence-corrected chi connectivity index (χ0v) is 12.5. The third kappa shape index (κ3) is 2.21. The Hall–Kier alpha value is -1.20. The van der Waals surface area contributed by atoms with Crippen molar-refractivity contribution in [2.24, 2.45) is 0 Å². The number of halogens is 1. The van der Waals surface area contributed by atoms with E-state index in [1.807, 2.05) is 4.68 Å². The standard InChI is InChI=1S/C14H17BrN4/c1-2-19-13(17-10-18-19)7-14(8-16-9-14)11-5-3-4-6-12(11)15/h3-6,10,16H,2,7-9H2,1H3. The molecule has 1 fully saturated rings. The quantitative estimate of drug-likeness (QED) is 0.938. The maximum absolute atomic E-state index is 4.42. The first-order valence-electron chi connectivity index (χ1n) is 6.57. The fourth-order valence-corrected chi connectivity index (χ4v) is 3.43. The van der Waals surface area contributed by atoms with E-state index in [0.29, 0.717) is 0 Å². The highest BCUT2D eigenvalue weighted by Gasteiger charge is 2.41. The predicted molar refractivity (Wildman–Crippen MR) is 78.1 cm³/mol. The van der Waals surface area contributed by atoms with Crippen molar-refractivity contribution in [2.45, 2.75) is 25.3 Å². The van der Waals surface area contributed by atoms with E-state index in [9.17, 15) is 0 Å². The molecule has 0 saturated carbocycles. The SMILES string of the molecule is CCn1ncnc1CC1(c2ccccc2Br)CNC1. The van der Waals surface area contributed by atoms with Gasteiger partial charge in [0, 0.05) is 35.9 Å². The lowest BCUT2D eigenvalue weighted by Gasteiger charge is -2.43. The minimum Gasteiger partial charge on any atom is -0.315 e. The monoisotopic (exact) mass is 320 g/mol. The number of hydrogen-bond donors (Lipinski definition) is 1. The van der Waals surface area contributed by atoms with E-state index in [2.05, 4.69) is 62.5 Å². The van der Waals surface area contributed by atoms with Crippen LogP contribution in [0.3, 0.4) is 0 Å². The van der Waals surface area contributed by atoms with Gasteiger partial charge in [-0.05, 0) is 18.6 Å². The van der Waals surface area contributed by atoms with Crippen LogP contribution in [0.15, 0.2) is 35.1 Å². The molecule has 0 spiro atoms. The minimum atomic E-state index is 0.139. The van der Waals surface area contributed by atoms with E-state index < -0.39 is 0 Å². The van der Waals surface area contributed by atoms with Crippen molar-refractivity contribution in [3.63, 3.8) is 0 Å². The van der Waals surface area contributed by atoms with Gasteiger partial charge in [-0.15, -0.1) is 0 Å². The summed E-state index contributed by atoms with van der Waals surface area (Å²) in [5, 5.41) is 7.67. The first-order chi connectivity index (χ1) is 9.25. The van der Waals surface area contributed by atoms with Gasteiger partial charge in [-0.1, -0.05) is 34.1 Å². The van der Waals surface area contributed by atoms with Crippen molar-refractivity contribution in [2.75, 3.05) is 13.1 Å². The third-order valence-corrected chi connectivity index (χ3v) is 4.56. The van der Waals surface area contributed by atoms with Crippen LogP contribution in [0.4, 0.5) is 0 Å². The number of nitrogens with zero attached hydrogens (tertiary/aromatic N) is 3. The Labute approximate surface area is 121 Å². The molecular formula is C14H17BrN4. The van der Waals surface area contributed by atoms with Crippen molar-refractivity contribution in [1.29, 1.82) is 0 Å². The van der Waals surface area contributed by atoms with Crippen molar-refractivity contribution in [3.05, 3.63) is 46.5 Å². The second-order valence-corrected chi connectivity index (χ2v) is 5.89. The highest BCUT2D eigenvalue weighted by Crippen LogP contribution is 2.36. The van der Waals surface area contributed by atoms with E-state index in [1.54, 1.807) is 6.33 Å². The van der Waals surface area contributed by atoms with E-state index in [0.717, 1.165) is 31.9 Å². The Morgan fingerprint density at radius 1 is 1.37 bits per heavy atom. The van der Waals surface area contributed by atoms with Gasteiger partial charge in [-0.3, -0.25) is 4.68 Å². The number of benzene rings is 1. The van der Waals surface area contributed by atoms with Crippen LogP contribution in [0.25, 0.3) is 0 Å². The summed E-state index contributed by atoms with van der Waals surface area (Å²) in [5.74, 6) is 1.07. The molecule has 0 aliphatic carbocycles. The summed E-state index contributed by atoms with van der Waals surface area (Å²) in [4.78, 5) is 4.42. The largest absolute Gasteiger partial charge is 0.315 e. The lowest BCUT2D eigenvalue weighted by molar-refractivity contribution is 0.265. The maximum atomic E-state index is 4.42. The predicted octanol–water partition coefficient (Wildman–Crippen LogP) is 2.14. The maximum Gasteiger partial charge on any atom is 0.138 e. The Bertz CT molecular complexity index is 574. The molecule has 0 radical (unpaired) electrons. The van der Waals surface area contributed by atoms with E-state index in [4.69, 9.17) is 0 Å². The van der Waals surface area contributed by atoms with Crippen LogP contribution in [0, 0.1) is 0 Å². The third-order valence-electron chi connectivity index (χ3n) is 3.86. The topological polar surface area (TPSA) is 42.7 Å². The Kier molecular flexibility index (Phi) is 3.41. The van der Waals surface area contributed by atoms with E-state index >= 15 is 0 Å². The van der Waals surface area contributed by atoms with Crippen molar-refractivity contribution in [1.82, 2.24) is 20.1 Å². The smallest absolute Gasteiger partial charge is 0.138 e. The summed E-state index contributed by atoms with van der Waals surface area (Å²) in [6.45, 7) is 4.95. The molecule has 0 bridgehead atoms. The molecule has 2 heterocycles. The number of nitrogens with one attached hydrogen (secondary N) is 1. The second kappa shape index (κ2) is 5.06. The number of hydrogen-bond acceptors (Lipinski definition) is 3. The molecule has 0 unspecified atom stereocenters. The Balaban J connectivity index is 1.94. The summed E-state index contributed by atoms with van der Waals surface area (Å²) in [7, 11) is 0. The molecule has 5 heteroatoms. The molecule has 2 aromatic rings. The fourth-order valence-electron chi connectivity index (χ4n) is 2.72. The van der Waals surface area contributed by atoms with Crippen LogP contribution in [0.1, 0.15) is 18.3 Å². The van der Waals surface area contributed by atoms with Crippen LogP contribution in [0.2, 0.25) is 0 Å². The molecule has 0 atom stereocenters. The molecule has 1 saturated heterocycles. The van der Waals surface area contributed by atoms with Crippen molar-refractivity contribution in [3.8, 4) is 0 Å². The Morgan fingerprint density at radius 3 is 2.79 bits per heavy atom. The normalized spacial score (nSPS) is 17.2. The molecule has 1 N–H and O–H groups in total. The van der Waals surface area contributed by atoms with Gasteiger partial charge in [0.25, 0.3) is 0 Å². The Morgan fingerprint density at radius 2 is 2.16 bits per heavy atom. The van der Waals surface area contributed by atoms with Crippen LogP contribution < -0.4 is 5.32 Å². The van der Waals surface area contributed by atoms with Crippen LogP contribution >= 0.6 is 15.9 Å². The molecule has 1 aromatic heterocycles. The zero-order valence-electron chi connectivity index (χ0n) is 10.9. The number of aromatic nitrogens is 3. The zero-order chi connectivity index (χ0) is 13.3. The highest BCUT2D eigenvalue weighted by atomic mass is 79.9. The lowest BCUT2D eigenvalue weighted by Crippen LogP contribution is -2.58. The summed E-state index contributed by atoms with van der Waals surface area (Å²) < 4.78 is 3.16. The van der Waals surface area contributed by atoms with Crippen LogP contribution in [0.5, 0.6) is 0 Å². The second-order valence-electron chi connectivity index (χ2n) is 5.03. The fraction of sp³-hybridized carbons (Fsp3) is 0.429. The number of aryl methyl sites for hydroxylation is 1. The average molecular weight is 321 g/mol. The van der Waals surface area contributed by atoms with Crippen LogP contribution in [-0.2, 0) is 18.4 Å². The molecule has 19 heavy (non-hydrogen) atoms. The van der Waals surface area contributed by atoms with Gasteiger partial charge in [0.15, 0.2) is 0 Å². The highest BCUT2D eigenvalue weighted by molar-refractivity contribution is 9.10. The van der Waals surface area contributed by atoms with E-state index in [1.165, 1.54) is 10.0 Å².